The average Bonchev–Trinajstić information content (AvgIpc) is 2.81. The van der Waals surface area contributed by atoms with Crippen molar-refractivity contribution in [2.75, 3.05) is 30.4 Å². The van der Waals surface area contributed by atoms with Crippen molar-refractivity contribution in [2.24, 2.45) is 0 Å². The van der Waals surface area contributed by atoms with E-state index in [1.54, 1.807) is 24.5 Å². The average molecular weight is 302 g/mol. The van der Waals surface area contributed by atoms with Crippen LogP contribution in [0.1, 0.15) is 12.0 Å². The minimum atomic E-state index is -3.46. The summed E-state index contributed by atoms with van der Waals surface area (Å²) < 4.78 is 37.6. The van der Waals surface area contributed by atoms with E-state index in [2.05, 4.69) is 10.0 Å². The molecule has 2 rings (SSSR count). The lowest BCUT2D eigenvalue weighted by molar-refractivity contribution is 0.580. The number of benzene rings is 1. The summed E-state index contributed by atoms with van der Waals surface area (Å²) in [5, 5.41) is 3.19. The van der Waals surface area contributed by atoms with E-state index >= 15 is 0 Å². The van der Waals surface area contributed by atoms with Gasteiger partial charge < -0.3 is 5.32 Å². The molecule has 2 N–H and O–H groups in total. The molecule has 0 aromatic heterocycles. The van der Waals surface area contributed by atoms with E-state index in [1.165, 1.54) is 0 Å². The molecule has 1 aliphatic heterocycles. The molecule has 1 aliphatic rings. The van der Waals surface area contributed by atoms with E-state index < -0.39 is 20.8 Å². The molecule has 1 unspecified atom stereocenters. The van der Waals surface area contributed by atoms with Crippen LogP contribution < -0.4 is 10.0 Å². The highest BCUT2D eigenvalue weighted by molar-refractivity contribution is 7.89. The number of hydrogen-bond acceptors (Lipinski definition) is 4. The van der Waals surface area contributed by atoms with Gasteiger partial charge in [-0.3, -0.25) is 4.21 Å². The molecule has 0 bridgehead atoms. The van der Waals surface area contributed by atoms with Crippen LogP contribution in [0.2, 0.25) is 0 Å². The minimum absolute atomic E-state index is 0.299. The zero-order valence-electron chi connectivity index (χ0n) is 10.8. The van der Waals surface area contributed by atoms with Crippen molar-refractivity contribution in [3.63, 3.8) is 0 Å². The van der Waals surface area contributed by atoms with Crippen LogP contribution in [0.3, 0.4) is 0 Å². The third-order valence-corrected chi connectivity index (χ3v) is 5.32. The third-order valence-electron chi connectivity index (χ3n) is 3.00. The first-order chi connectivity index (χ1) is 8.99. The van der Waals surface area contributed by atoms with Crippen molar-refractivity contribution < 1.29 is 12.6 Å². The second-order valence-electron chi connectivity index (χ2n) is 4.52. The first-order valence-corrected chi connectivity index (χ1v) is 9.36. The number of rotatable bonds is 6. The van der Waals surface area contributed by atoms with Crippen molar-refractivity contribution in [2.45, 2.75) is 17.7 Å². The van der Waals surface area contributed by atoms with Crippen LogP contribution in [0.5, 0.6) is 0 Å². The van der Waals surface area contributed by atoms with Crippen LogP contribution in [-0.4, -0.2) is 37.7 Å². The number of fused-ring (bicyclic) bond motifs is 1. The van der Waals surface area contributed by atoms with Gasteiger partial charge in [-0.15, -0.1) is 0 Å². The lowest BCUT2D eigenvalue weighted by Gasteiger charge is -2.08. The van der Waals surface area contributed by atoms with Crippen molar-refractivity contribution in [1.29, 1.82) is 0 Å². The van der Waals surface area contributed by atoms with E-state index in [1.807, 2.05) is 0 Å². The third kappa shape index (κ3) is 3.77. The highest BCUT2D eigenvalue weighted by atomic mass is 32.2. The van der Waals surface area contributed by atoms with Gasteiger partial charge in [-0.25, -0.2) is 13.1 Å². The summed E-state index contributed by atoms with van der Waals surface area (Å²) >= 11 is 0. The highest BCUT2D eigenvalue weighted by Gasteiger charge is 2.17. The molecule has 0 amide bonds. The molecule has 1 aromatic rings. The molecule has 7 heteroatoms. The fourth-order valence-electron chi connectivity index (χ4n) is 2.01. The Balaban J connectivity index is 2.01. The molecule has 0 saturated carbocycles. The van der Waals surface area contributed by atoms with Crippen molar-refractivity contribution in [3.8, 4) is 0 Å². The van der Waals surface area contributed by atoms with E-state index in [0.29, 0.717) is 23.6 Å². The molecule has 0 saturated heterocycles. The smallest absolute Gasteiger partial charge is 0.240 e. The van der Waals surface area contributed by atoms with Gasteiger partial charge in [-0.05, 0) is 36.6 Å². The highest BCUT2D eigenvalue weighted by Crippen LogP contribution is 2.24. The fraction of sp³-hybridized carbons (Fsp3) is 0.500. The van der Waals surface area contributed by atoms with E-state index in [0.717, 1.165) is 24.2 Å². The van der Waals surface area contributed by atoms with Gasteiger partial charge >= 0.3 is 0 Å². The predicted molar refractivity (Wildman–Crippen MR) is 77.4 cm³/mol. The van der Waals surface area contributed by atoms with Gasteiger partial charge in [-0.1, -0.05) is 0 Å². The second-order valence-corrected chi connectivity index (χ2v) is 7.85. The Morgan fingerprint density at radius 2 is 2.21 bits per heavy atom. The molecule has 5 nitrogen and oxygen atoms in total. The first kappa shape index (κ1) is 14.5. The maximum Gasteiger partial charge on any atom is 0.240 e. The summed E-state index contributed by atoms with van der Waals surface area (Å²) in [6.45, 7) is 1.17. The van der Waals surface area contributed by atoms with Crippen LogP contribution in [0.15, 0.2) is 23.1 Å². The Labute approximate surface area is 116 Å². The Kier molecular flexibility index (Phi) is 4.59. The number of hydrogen-bond donors (Lipinski definition) is 2. The standard InChI is InChI=1S/C12H18N2O3S2/c1-18(15)8-2-6-14-19(16,17)11-3-4-12-10(9-11)5-7-13-12/h3-4,9,13-14H,2,5-8H2,1H3. The molecular weight excluding hydrogens is 284 g/mol. The fourth-order valence-corrected chi connectivity index (χ4v) is 3.69. The summed E-state index contributed by atoms with van der Waals surface area (Å²) in [5.41, 5.74) is 2.05. The number of nitrogens with one attached hydrogen (secondary N) is 2. The van der Waals surface area contributed by atoms with Crippen LogP contribution in [0.4, 0.5) is 5.69 Å². The zero-order chi connectivity index (χ0) is 13.9. The lowest BCUT2D eigenvalue weighted by Crippen LogP contribution is -2.25. The van der Waals surface area contributed by atoms with Gasteiger partial charge in [-0.2, -0.15) is 0 Å². The Morgan fingerprint density at radius 3 is 2.95 bits per heavy atom. The van der Waals surface area contributed by atoms with Crippen molar-refractivity contribution >= 4 is 26.5 Å². The summed E-state index contributed by atoms with van der Waals surface area (Å²) in [5.74, 6) is 0.511. The molecule has 1 aromatic carbocycles. The van der Waals surface area contributed by atoms with Gasteiger partial charge in [0, 0.05) is 41.6 Å². The quantitative estimate of drug-likeness (QED) is 0.759. The molecule has 0 spiro atoms. The lowest BCUT2D eigenvalue weighted by atomic mass is 10.2. The topological polar surface area (TPSA) is 75.3 Å². The Bertz CT molecular complexity index is 585. The summed E-state index contributed by atoms with van der Waals surface area (Å²) in [4.78, 5) is 0.299. The number of anilines is 1. The Hall–Kier alpha value is -0.920. The SMILES string of the molecule is CS(=O)CCCNS(=O)(=O)c1ccc2c(c1)CCN2. The molecule has 19 heavy (non-hydrogen) atoms. The molecular formula is C12H18N2O3S2. The van der Waals surface area contributed by atoms with Crippen LogP contribution >= 0.6 is 0 Å². The normalized spacial score (nSPS) is 15.8. The summed E-state index contributed by atoms with van der Waals surface area (Å²) in [6.07, 6.45) is 3.05. The van der Waals surface area contributed by atoms with Crippen molar-refractivity contribution in [1.82, 2.24) is 4.72 Å². The molecule has 0 fully saturated rings. The summed E-state index contributed by atoms with van der Waals surface area (Å²) in [6, 6.07) is 5.13. The van der Waals surface area contributed by atoms with Gasteiger partial charge in [0.25, 0.3) is 0 Å². The number of sulfonamides is 1. The van der Waals surface area contributed by atoms with Crippen LogP contribution in [0.25, 0.3) is 0 Å². The molecule has 106 valence electrons. The van der Waals surface area contributed by atoms with Crippen LogP contribution in [0, 0.1) is 0 Å². The molecule has 0 radical (unpaired) electrons. The van der Waals surface area contributed by atoms with Gasteiger partial charge in [0.05, 0.1) is 4.90 Å². The second kappa shape index (κ2) is 6.02. The molecule has 1 heterocycles. The van der Waals surface area contributed by atoms with Gasteiger partial charge in [0.15, 0.2) is 0 Å². The molecule has 0 aliphatic carbocycles. The minimum Gasteiger partial charge on any atom is -0.384 e. The van der Waals surface area contributed by atoms with E-state index in [9.17, 15) is 12.6 Å². The zero-order valence-corrected chi connectivity index (χ0v) is 12.4. The van der Waals surface area contributed by atoms with Crippen LogP contribution in [-0.2, 0) is 27.2 Å². The monoisotopic (exact) mass is 302 g/mol. The Morgan fingerprint density at radius 1 is 1.42 bits per heavy atom. The van der Waals surface area contributed by atoms with Crippen molar-refractivity contribution in [3.05, 3.63) is 23.8 Å². The summed E-state index contributed by atoms with van der Waals surface area (Å²) in [7, 11) is -4.34. The predicted octanol–water partition coefficient (Wildman–Crippen LogP) is 0.701. The maximum absolute atomic E-state index is 12.1. The maximum atomic E-state index is 12.1. The van der Waals surface area contributed by atoms with Gasteiger partial charge in [0.1, 0.15) is 0 Å². The van der Waals surface area contributed by atoms with Gasteiger partial charge in [0.2, 0.25) is 10.0 Å². The molecule has 1 atom stereocenters. The van der Waals surface area contributed by atoms with E-state index in [4.69, 9.17) is 0 Å². The largest absolute Gasteiger partial charge is 0.384 e. The first-order valence-electron chi connectivity index (χ1n) is 6.15. The van der Waals surface area contributed by atoms with E-state index in [-0.39, 0.29) is 0 Å².